The first kappa shape index (κ1) is 16.5. The third-order valence-corrected chi connectivity index (χ3v) is 3.53. The lowest BCUT2D eigenvalue weighted by Gasteiger charge is -2.22. The molecule has 1 rings (SSSR count). The Morgan fingerprint density at radius 2 is 2.10 bits per heavy atom. The van der Waals surface area contributed by atoms with Crippen LogP contribution in [0.1, 0.15) is 20.3 Å². The molecule has 0 heterocycles. The fourth-order valence-corrected chi connectivity index (χ4v) is 2.07. The lowest BCUT2D eigenvalue weighted by molar-refractivity contribution is -0.144. The van der Waals surface area contributed by atoms with E-state index in [2.05, 4.69) is 26.6 Å². The van der Waals surface area contributed by atoms with E-state index in [1.54, 1.807) is 12.1 Å². The number of methoxy groups -OCH3 is 1. The summed E-state index contributed by atoms with van der Waals surface area (Å²) in [7, 11) is 1.31. The second-order valence-electron chi connectivity index (χ2n) is 4.50. The lowest BCUT2D eigenvalue weighted by Crippen LogP contribution is -2.47. The fourth-order valence-electron chi connectivity index (χ4n) is 1.67. The van der Waals surface area contributed by atoms with Gasteiger partial charge in [-0.2, -0.15) is 0 Å². The summed E-state index contributed by atoms with van der Waals surface area (Å²) >= 11 is 3.33. The highest BCUT2D eigenvalue weighted by molar-refractivity contribution is 9.10. The Morgan fingerprint density at radius 3 is 2.65 bits per heavy atom. The maximum absolute atomic E-state index is 11.9. The highest BCUT2D eigenvalue weighted by Crippen LogP contribution is 2.16. The molecule has 0 unspecified atom stereocenters. The van der Waals surface area contributed by atoms with E-state index in [1.807, 2.05) is 26.0 Å². The van der Waals surface area contributed by atoms with Gasteiger partial charge in [-0.05, 0) is 24.1 Å². The van der Waals surface area contributed by atoms with Crippen LogP contribution in [0.15, 0.2) is 28.7 Å². The highest BCUT2D eigenvalue weighted by Gasteiger charge is 2.26. The van der Waals surface area contributed by atoms with Gasteiger partial charge in [0, 0.05) is 10.2 Å². The molecule has 1 aromatic carbocycles. The minimum absolute atomic E-state index is 0.00397. The van der Waals surface area contributed by atoms with Crippen LogP contribution in [-0.2, 0) is 9.53 Å². The van der Waals surface area contributed by atoms with Crippen LogP contribution in [0, 0.1) is 5.92 Å². The number of hydrogen-bond donors (Lipinski definition) is 2. The average molecular weight is 343 g/mol. The molecule has 0 aromatic heterocycles. The number of esters is 1. The number of benzene rings is 1. The van der Waals surface area contributed by atoms with Crippen LogP contribution in [0.5, 0.6) is 0 Å². The molecule has 0 fully saturated rings. The van der Waals surface area contributed by atoms with Crippen LogP contribution in [0.3, 0.4) is 0 Å². The zero-order chi connectivity index (χ0) is 15.1. The average Bonchev–Trinajstić information content (AvgIpc) is 2.43. The van der Waals surface area contributed by atoms with E-state index in [0.717, 1.165) is 10.9 Å². The number of urea groups is 1. The Bertz CT molecular complexity index is 479. The van der Waals surface area contributed by atoms with Gasteiger partial charge in [0.25, 0.3) is 0 Å². The standard InChI is InChI=1S/C14H19BrN2O3/c1-4-9(2)12(13(18)20-3)17-14(19)16-11-7-5-6-10(15)8-11/h5-9,12H,4H2,1-3H3,(H2,16,17,19)/t9-,12+/m0/s1. The predicted octanol–water partition coefficient (Wildman–Crippen LogP) is 3.16. The molecule has 20 heavy (non-hydrogen) atoms. The first-order chi connectivity index (χ1) is 9.47. The summed E-state index contributed by atoms with van der Waals surface area (Å²) in [4.78, 5) is 23.6. The maximum atomic E-state index is 11.9. The molecule has 0 radical (unpaired) electrons. The summed E-state index contributed by atoms with van der Waals surface area (Å²) in [5.41, 5.74) is 0.643. The summed E-state index contributed by atoms with van der Waals surface area (Å²) in [5.74, 6) is -0.445. The van der Waals surface area contributed by atoms with E-state index in [1.165, 1.54) is 7.11 Å². The van der Waals surface area contributed by atoms with Gasteiger partial charge in [0.15, 0.2) is 0 Å². The molecule has 0 saturated heterocycles. The molecule has 110 valence electrons. The van der Waals surface area contributed by atoms with E-state index in [-0.39, 0.29) is 5.92 Å². The van der Waals surface area contributed by atoms with Crippen molar-refractivity contribution in [3.63, 3.8) is 0 Å². The summed E-state index contributed by atoms with van der Waals surface area (Å²) < 4.78 is 5.58. The topological polar surface area (TPSA) is 67.4 Å². The van der Waals surface area contributed by atoms with Crippen molar-refractivity contribution in [1.82, 2.24) is 5.32 Å². The van der Waals surface area contributed by atoms with Crippen molar-refractivity contribution in [2.24, 2.45) is 5.92 Å². The first-order valence-corrected chi connectivity index (χ1v) is 7.18. The number of carbonyl (C=O) groups is 2. The molecule has 2 amide bonds. The van der Waals surface area contributed by atoms with Crippen LogP contribution in [0.4, 0.5) is 10.5 Å². The van der Waals surface area contributed by atoms with Gasteiger partial charge < -0.3 is 15.4 Å². The number of ether oxygens (including phenoxy) is 1. The smallest absolute Gasteiger partial charge is 0.328 e. The molecule has 0 spiro atoms. The first-order valence-electron chi connectivity index (χ1n) is 6.38. The molecular formula is C14H19BrN2O3. The Labute approximate surface area is 127 Å². The third kappa shape index (κ3) is 4.85. The SMILES string of the molecule is CC[C@H](C)[C@@H](NC(=O)Nc1cccc(Br)c1)C(=O)OC. The summed E-state index contributed by atoms with van der Waals surface area (Å²) in [6.45, 7) is 3.84. The number of carbonyl (C=O) groups excluding carboxylic acids is 2. The maximum Gasteiger partial charge on any atom is 0.328 e. The molecule has 2 atom stereocenters. The van der Waals surface area contributed by atoms with E-state index >= 15 is 0 Å². The van der Waals surface area contributed by atoms with Crippen LogP contribution in [-0.4, -0.2) is 25.2 Å². The molecule has 0 aliphatic carbocycles. The van der Waals surface area contributed by atoms with Gasteiger partial charge in [0.05, 0.1) is 7.11 Å². The Kier molecular flexibility index (Phi) is 6.51. The van der Waals surface area contributed by atoms with Gasteiger partial charge >= 0.3 is 12.0 Å². The number of amides is 2. The van der Waals surface area contributed by atoms with Gasteiger partial charge in [-0.15, -0.1) is 0 Å². The van der Waals surface area contributed by atoms with Gasteiger partial charge in [-0.1, -0.05) is 42.3 Å². The normalized spacial score (nSPS) is 13.2. The van der Waals surface area contributed by atoms with E-state index < -0.39 is 18.0 Å². The van der Waals surface area contributed by atoms with Crippen molar-refractivity contribution < 1.29 is 14.3 Å². The Morgan fingerprint density at radius 1 is 1.40 bits per heavy atom. The molecule has 5 nitrogen and oxygen atoms in total. The molecule has 6 heteroatoms. The van der Waals surface area contributed by atoms with Crippen LogP contribution >= 0.6 is 15.9 Å². The monoisotopic (exact) mass is 342 g/mol. The zero-order valence-electron chi connectivity index (χ0n) is 11.8. The van der Waals surface area contributed by atoms with Crippen LogP contribution < -0.4 is 10.6 Å². The number of nitrogens with one attached hydrogen (secondary N) is 2. The van der Waals surface area contributed by atoms with Gasteiger partial charge in [-0.25, -0.2) is 9.59 Å². The Balaban J connectivity index is 2.69. The molecular weight excluding hydrogens is 324 g/mol. The van der Waals surface area contributed by atoms with Crippen molar-refractivity contribution in [3.05, 3.63) is 28.7 Å². The molecule has 0 saturated carbocycles. The van der Waals surface area contributed by atoms with Gasteiger partial charge in [0.1, 0.15) is 6.04 Å². The van der Waals surface area contributed by atoms with E-state index in [0.29, 0.717) is 5.69 Å². The molecule has 0 aliphatic heterocycles. The lowest BCUT2D eigenvalue weighted by atomic mass is 9.99. The summed E-state index contributed by atoms with van der Waals surface area (Å²) in [6, 6.07) is 6.12. The second kappa shape index (κ2) is 7.89. The Hall–Kier alpha value is -1.56. The molecule has 2 N–H and O–H groups in total. The van der Waals surface area contributed by atoms with Crippen molar-refractivity contribution in [1.29, 1.82) is 0 Å². The molecule has 0 bridgehead atoms. The quantitative estimate of drug-likeness (QED) is 0.807. The number of halogens is 1. The minimum atomic E-state index is -0.655. The summed E-state index contributed by atoms with van der Waals surface area (Å²) in [6.07, 6.45) is 0.761. The van der Waals surface area contributed by atoms with Crippen molar-refractivity contribution in [3.8, 4) is 0 Å². The van der Waals surface area contributed by atoms with Crippen molar-refractivity contribution in [2.45, 2.75) is 26.3 Å². The molecule has 1 aromatic rings. The third-order valence-electron chi connectivity index (χ3n) is 3.04. The number of anilines is 1. The summed E-state index contributed by atoms with van der Waals surface area (Å²) in [5, 5.41) is 5.33. The molecule has 0 aliphatic rings. The van der Waals surface area contributed by atoms with E-state index in [9.17, 15) is 9.59 Å². The minimum Gasteiger partial charge on any atom is -0.467 e. The highest BCUT2D eigenvalue weighted by atomic mass is 79.9. The van der Waals surface area contributed by atoms with Crippen molar-refractivity contribution >= 4 is 33.6 Å². The predicted molar refractivity (Wildman–Crippen MR) is 81.6 cm³/mol. The van der Waals surface area contributed by atoms with Crippen molar-refractivity contribution in [2.75, 3.05) is 12.4 Å². The van der Waals surface area contributed by atoms with Gasteiger partial charge in [-0.3, -0.25) is 0 Å². The largest absolute Gasteiger partial charge is 0.467 e. The van der Waals surface area contributed by atoms with Crippen LogP contribution in [0.2, 0.25) is 0 Å². The number of rotatable bonds is 5. The second-order valence-corrected chi connectivity index (χ2v) is 5.41. The van der Waals surface area contributed by atoms with Gasteiger partial charge in [0.2, 0.25) is 0 Å². The fraction of sp³-hybridized carbons (Fsp3) is 0.429. The number of hydrogen-bond acceptors (Lipinski definition) is 3. The van der Waals surface area contributed by atoms with Crippen LogP contribution in [0.25, 0.3) is 0 Å². The zero-order valence-corrected chi connectivity index (χ0v) is 13.4. The van der Waals surface area contributed by atoms with E-state index in [4.69, 9.17) is 4.74 Å².